The first-order valence-electron chi connectivity index (χ1n) is 9.65. The fourth-order valence-electron chi connectivity index (χ4n) is 5.76. The number of nitrogens with two attached hydrogens (primary N) is 1. The smallest absolute Gasteiger partial charge is 0.173 e. The van der Waals surface area contributed by atoms with Gasteiger partial charge < -0.3 is 11.1 Å². The van der Waals surface area contributed by atoms with E-state index in [1.807, 2.05) is 30.3 Å². The van der Waals surface area contributed by atoms with Crippen molar-refractivity contribution in [3.05, 3.63) is 36.7 Å². The first kappa shape index (κ1) is 15.7. The summed E-state index contributed by atoms with van der Waals surface area (Å²) in [6.45, 7) is 0. The van der Waals surface area contributed by atoms with Crippen molar-refractivity contribution in [1.29, 1.82) is 0 Å². The molecule has 0 radical (unpaired) electrons. The average molecular weight is 350 g/mol. The summed E-state index contributed by atoms with van der Waals surface area (Å²) in [5.41, 5.74) is 14.4. The molecule has 4 fully saturated rings. The molecule has 26 heavy (non-hydrogen) atoms. The van der Waals surface area contributed by atoms with Gasteiger partial charge in [-0.3, -0.25) is 10.9 Å². The number of nitrogen functional groups attached to an aromatic ring is 1. The molecule has 0 spiro atoms. The third-order valence-electron chi connectivity index (χ3n) is 6.40. The van der Waals surface area contributed by atoms with Gasteiger partial charge in [0.2, 0.25) is 0 Å². The van der Waals surface area contributed by atoms with Crippen molar-refractivity contribution in [3.63, 3.8) is 0 Å². The van der Waals surface area contributed by atoms with E-state index in [2.05, 4.69) is 26.1 Å². The van der Waals surface area contributed by atoms with Gasteiger partial charge in [-0.2, -0.15) is 0 Å². The van der Waals surface area contributed by atoms with Gasteiger partial charge >= 0.3 is 0 Å². The third kappa shape index (κ3) is 2.83. The second-order valence-electron chi connectivity index (χ2n) is 8.42. The van der Waals surface area contributed by atoms with Gasteiger partial charge in [-0.05, 0) is 68.4 Å². The molecule has 1 heterocycles. The maximum absolute atomic E-state index is 6.39. The van der Waals surface area contributed by atoms with Crippen LogP contribution in [0.1, 0.15) is 38.5 Å². The standard InChI is InChI=1S/C20H26N6/c21-17-18(22-12-23-19(17)26-25-16-4-2-1-3-5-16)24-20-9-13-6-14(10-20)8-15(7-13)11-20/h1-5,12-15,25H,6-11,21H2,(H2,22,23,24,26). The van der Waals surface area contributed by atoms with Crippen LogP contribution >= 0.6 is 0 Å². The number of nitrogens with one attached hydrogen (secondary N) is 3. The molecule has 0 amide bonds. The summed E-state index contributed by atoms with van der Waals surface area (Å²) in [7, 11) is 0. The van der Waals surface area contributed by atoms with E-state index in [9.17, 15) is 0 Å². The number of nitrogens with zero attached hydrogens (tertiary/aromatic N) is 2. The number of para-hydroxylation sites is 1. The fourth-order valence-corrected chi connectivity index (χ4v) is 5.76. The molecule has 6 nitrogen and oxygen atoms in total. The lowest BCUT2D eigenvalue weighted by atomic mass is 9.53. The number of anilines is 4. The second kappa shape index (κ2) is 6.04. The molecule has 4 aliphatic carbocycles. The molecule has 2 aromatic rings. The Kier molecular flexibility index (Phi) is 3.65. The molecule has 4 aliphatic rings. The van der Waals surface area contributed by atoms with E-state index in [1.165, 1.54) is 38.5 Å². The van der Waals surface area contributed by atoms with Gasteiger partial charge in [0, 0.05) is 5.54 Å². The summed E-state index contributed by atoms with van der Waals surface area (Å²) in [5.74, 6) is 4.02. The van der Waals surface area contributed by atoms with Gasteiger partial charge in [0.1, 0.15) is 12.0 Å². The Morgan fingerprint density at radius 3 is 2.12 bits per heavy atom. The molecule has 0 atom stereocenters. The number of aromatic nitrogens is 2. The number of rotatable bonds is 5. The first-order chi connectivity index (χ1) is 12.7. The highest BCUT2D eigenvalue weighted by Crippen LogP contribution is 2.56. The van der Waals surface area contributed by atoms with Crippen LogP contribution in [0.25, 0.3) is 0 Å². The zero-order valence-corrected chi connectivity index (χ0v) is 14.9. The van der Waals surface area contributed by atoms with Crippen molar-refractivity contribution >= 4 is 23.0 Å². The van der Waals surface area contributed by atoms with Crippen LogP contribution in [0.3, 0.4) is 0 Å². The Bertz CT molecular complexity index is 755. The lowest BCUT2D eigenvalue weighted by Gasteiger charge is -2.57. The molecule has 0 saturated heterocycles. The van der Waals surface area contributed by atoms with Crippen molar-refractivity contribution in [2.75, 3.05) is 21.9 Å². The SMILES string of the molecule is Nc1c(NNc2ccccc2)ncnc1NC12CC3CC(CC(C3)C1)C2. The molecule has 0 unspecified atom stereocenters. The van der Waals surface area contributed by atoms with Crippen molar-refractivity contribution in [3.8, 4) is 0 Å². The predicted octanol–water partition coefficient (Wildman–Crippen LogP) is 3.88. The van der Waals surface area contributed by atoms with Crippen LogP contribution in [-0.4, -0.2) is 15.5 Å². The van der Waals surface area contributed by atoms with Gasteiger partial charge in [-0.1, -0.05) is 18.2 Å². The highest BCUT2D eigenvalue weighted by atomic mass is 15.4. The van der Waals surface area contributed by atoms with Gasteiger partial charge in [0.05, 0.1) is 5.69 Å². The van der Waals surface area contributed by atoms with Crippen LogP contribution in [0.5, 0.6) is 0 Å². The molecule has 5 N–H and O–H groups in total. The van der Waals surface area contributed by atoms with E-state index in [4.69, 9.17) is 5.73 Å². The van der Waals surface area contributed by atoms with Gasteiger partial charge in [-0.15, -0.1) is 0 Å². The highest BCUT2D eigenvalue weighted by molar-refractivity contribution is 5.75. The Morgan fingerprint density at radius 2 is 1.46 bits per heavy atom. The van der Waals surface area contributed by atoms with Gasteiger partial charge in [0.15, 0.2) is 11.6 Å². The largest absolute Gasteiger partial charge is 0.393 e. The lowest BCUT2D eigenvalue weighted by molar-refractivity contribution is 0.0106. The molecular formula is C20H26N6. The van der Waals surface area contributed by atoms with Crippen LogP contribution in [0.15, 0.2) is 36.7 Å². The predicted molar refractivity (Wildman–Crippen MR) is 105 cm³/mol. The first-order valence-corrected chi connectivity index (χ1v) is 9.65. The minimum absolute atomic E-state index is 0.182. The zero-order valence-electron chi connectivity index (χ0n) is 14.9. The normalized spacial score (nSPS) is 31.6. The third-order valence-corrected chi connectivity index (χ3v) is 6.40. The van der Waals surface area contributed by atoms with E-state index in [0.717, 1.165) is 29.3 Å². The van der Waals surface area contributed by atoms with Crippen molar-refractivity contribution in [2.45, 2.75) is 44.1 Å². The minimum Gasteiger partial charge on any atom is -0.393 e. The summed E-state index contributed by atoms with van der Waals surface area (Å²) >= 11 is 0. The topological polar surface area (TPSA) is 87.9 Å². The molecule has 1 aromatic carbocycles. The monoisotopic (exact) mass is 350 g/mol. The maximum Gasteiger partial charge on any atom is 0.173 e. The molecule has 6 heteroatoms. The van der Waals surface area contributed by atoms with E-state index in [0.29, 0.717) is 11.5 Å². The quantitative estimate of drug-likeness (QED) is 0.612. The Morgan fingerprint density at radius 1 is 0.846 bits per heavy atom. The summed E-state index contributed by atoms with van der Waals surface area (Å²) in [4.78, 5) is 8.75. The Balaban J connectivity index is 1.34. The van der Waals surface area contributed by atoms with Crippen LogP contribution < -0.4 is 21.9 Å². The lowest BCUT2D eigenvalue weighted by Crippen LogP contribution is -2.55. The summed E-state index contributed by atoms with van der Waals surface area (Å²) in [6, 6.07) is 9.91. The highest BCUT2D eigenvalue weighted by Gasteiger charge is 2.51. The Labute approximate surface area is 154 Å². The van der Waals surface area contributed by atoms with E-state index in [1.54, 1.807) is 6.33 Å². The number of hydrogen-bond donors (Lipinski definition) is 4. The van der Waals surface area contributed by atoms with Crippen LogP contribution in [-0.2, 0) is 0 Å². The van der Waals surface area contributed by atoms with Crippen molar-refractivity contribution < 1.29 is 0 Å². The summed E-state index contributed by atoms with van der Waals surface area (Å²) in [6.07, 6.45) is 9.62. The van der Waals surface area contributed by atoms with Crippen molar-refractivity contribution in [2.24, 2.45) is 17.8 Å². The van der Waals surface area contributed by atoms with E-state index in [-0.39, 0.29) is 5.54 Å². The van der Waals surface area contributed by atoms with Crippen LogP contribution in [0, 0.1) is 17.8 Å². The van der Waals surface area contributed by atoms with Crippen LogP contribution in [0.2, 0.25) is 0 Å². The molecule has 0 aliphatic heterocycles. The summed E-state index contributed by atoms with van der Waals surface area (Å²) < 4.78 is 0. The average Bonchev–Trinajstić information content (AvgIpc) is 2.62. The van der Waals surface area contributed by atoms with Crippen LogP contribution in [0.4, 0.5) is 23.0 Å². The van der Waals surface area contributed by atoms with Gasteiger partial charge in [-0.25, -0.2) is 9.97 Å². The number of hydrogen-bond acceptors (Lipinski definition) is 6. The van der Waals surface area contributed by atoms with E-state index >= 15 is 0 Å². The maximum atomic E-state index is 6.39. The number of hydrazine groups is 1. The zero-order chi connectivity index (χ0) is 17.6. The summed E-state index contributed by atoms with van der Waals surface area (Å²) in [5, 5.41) is 3.75. The molecular weight excluding hydrogens is 324 g/mol. The second-order valence-corrected chi connectivity index (χ2v) is 8.42. The Hall–Kier alpha value is -2.50. The minimum atomic E-state index is 0.182. The van der Waals surface area contributed by atoms with E-state index < -0.39 is 0 Å². The molecule has 136 valence electrons. The van der Waals surface area contributed by atoms with Crippen molar-refractivity contribution in [1.82, 2.24) is 9.97 Å². The molecule has 4 bridgehead atoms. The fraction of sp³-hybridized carbons (Fsp3) is 0.500. The van der Waals surface area contributed by atoms with Gasteiger partial charge in [0.25, 0.3) is 0 Å². The molecule has 1 aromatic heterocycles. The molecule has 4 saturated carbocycles. The number of benzene rings is 1. The molecule has 6 rings (SSSR count).